The van der Waals surface area contributed by atoms with Crippen molar-refractivity contribution in [3.05, 3.63) is 0 Å². The van der Waals surface area contributed by atoms with Gasteiger partial charge in [-0.25, -0.2) is 0 Å². The second-order valence-corrected chi connectivity index (χ2v) is 4.68. The van der Waals surface area contributed by atoms with Gasteiger partial charge in [-0.3, -0.25) is 14.4 Å². The van der Waals surface area contributed by atoms with Crippen molar-refractivity contribution in [1.29, 1.82) is 0 Å². The van der Waals surface area contributed by atoms with Crippen molar-refractivity contribution >= 4 is 17.8 Å². The number of aliphatic hydroxyl groups is 1. The summed E-state index contributed by atoms with van der Waals surface area (Å²) in [6.45, 7) is 3.50. The number of aliphatic hydroxyl groups excluding tert-OH is 1. The molecule has 21 heavy (non-hydrogen) atoms. The fraction of sp³-hybridized carbons (Fsp3) is 0.750. The van der Waals surface area contributed by atoms with Gasteiger partial charge in [-0.1, -0.05) is 0 Å². The summed E-state index contributed by atoms with van der Waals surface area (Å²) in [5, 5.41) is 12.3. The summed E-state index contributed by atoms with van der Waals surface area (Å²) in [7, 11) is 0. The van der Waals surface area contributed by atoms with Crippen LogP contribution in [0.25, 0.3) is 0 Å². The van der Waals surface area contributed by atoms with Crippen LogP contribution in [0.15, 0.2) is 0 Å². The van der Waals surface area contributed by atoms with E-state index in [9.17, 15) is 19.5 Å². The molecule has 0 aliphatic carbocycles. The van der Waals surface area contributed by atoms with Crippen LogP contribution in [0.5, 0.6) is 0 Å². The number of hydrogen-bond donors (Lipinski definition) is 3. The topological polar surface area (TPSA) is 137 Å². The fourth-order valence-corrected chi connectivity index (χ4v) is 2.16. The Morgan fingerprint density at radius 1 is 1.14 bits per heavy atom. The Labute approximate surface area is 121 Å². The summed E-state index contributed by atoms with van der Waals surface area (Å²) >= 11 is 0. The summed E-state index contributed by atoms with van der Waals surface area (Å²) in [5.41, 5.74) is 5.52. The summed E-state index contributed by atoms with van der Waals surface area (Å²) in [5.74, 6) is -1.75. The van der Waals surface area contributed by atoms with Crippen LogP contribution in [0, 0.1) is 0 Å². The molecule has 2 unspecified atom stereocenters. The molecule has 9 nitrogen and oxygen atoms in total. The lowest BCUT2D eigenvalue weighted by Gasteiger charge is -2.43. The van der Waals surface area contributed by atoms with Crippen LogP contribution < -0.4 is 11.1 Å². The van der Waals surface area contributed by atoms with Gasteiger partial charge < -0.3 is 30.4 Å². The standard InChI is InChI=1S/C12H20N2O7/c1-5(15)14-9-11(20-7(3)17)10(19-6(2)16)8(4-13)21-12(9)18/h8-12,18H,4,13H2,1-3H3,(H,14,15)/t8?,9-,10+,11?,12+/m0/s1. The number of amides is 1. The number of ether oxygens (including phenoxy) is 3. The molecule has 0 radical (unpaired) electrons. The average Bonchev–Trinajstić information content (AvgIpc) is 2.35. The molecule has 0 aromatic rings. The Hall–Kier alpha value is -1.71. The molecule has 0 aromatic carbocycles. The minimum atomic E-state index is -1.45. The van der Waals surface area contributed by atoms with E-state index in [0.29, 0.717) is 0 Å². The molecule has 0 bridgehead atoms. The normalized spacial score (nSPS) is 32.1. The highest BCUT2D eigenvalue weighted by Gasteiger charge is 2.49. The molecule has 1 heterocycles. The molecule has 0 aromatic heterocycles. The monoisotopic (exact) mass is 304 g/mol. The third-order valence-electron chi connectivity index (χ3n) is 2.87. The second kappa shape index (κ2) is 7.34. The Balaban J connectivity index is 3.08. The van der Waals surface area contributed by atoms with E-state index in [4.69, 9.17) is 19.9 Å². The minimum Gasteiger partial charge on any atom is -0.456 e. The van der Waals surface area contributed by atoms with E-state index in [2.05, 4.69) is 5.32 Å². The SMILES string of the molecule is CC(=O)N[C@H]1C(OC(C)=O)[C@H](OC(C)=O)C(CN)O[C@H]1O. The maximum Gasteiger partial charge on any atom is 0.303 e. The molecule has 0 spiro atoms. The summed E-state index contributed by atoms with van der Waals surface area (Å²) in [4.78, 5) is 33.7. The molecular weight excluding hydrogens is 284 g/mol. The van der Waals surface area contributed by atoms with E-state index in [1.165, 1.54) is 13.8 Å². The van der Waals surface area contributed by atoms with Gasteiger partial charge in [0.2, 0.25) is 5.91 Å². The third kappa shape index (κ3) is 4.66. The van der Waals surface area contributed by atoms with Gasteiger partial charge in [-0.05, 0) is 0 Å². The van der Waals surface area contributed by atoms with Gasteiger partial charge in [0, 0.05) is 27.3 Å². The molecular formula is C12H20N2O7. The van der Waals surface area contributed by atoms with Crippen molar-refractivity contribution in [3.63, 3.8) is 0 Å². The van der Waals surface area contributed by atoms with Crippen LogP contribution in [0.2, 0.25) is 0 Å². The quantitative estimate of drug-likeness (QED) is 0.509. The van der Waals surface area contributed by atoms with Crippen LogP contribution in [-0.4, -0.2) is 60.1 Å². The zero-order chi connectivity index (χ0) is 16.2. The largest absolute Gasteiger partial charge is 0.456 e. The van der Waals surface area contributed by atoms with Crippen LogP contribution in [0.4, 0.5) is 0 Å². The van der Waals surface area contributed by atoms with Crippen LogP contribution >= 0.6 is 0 Å². The molecule has 9 heteroatoms. The van der Waals surface area contributed by atoms with Crippen molar-refractivity contribution in [2.75, 3.05) is 6.54 Å². The fourth-order valence-electron chi connectivity index (χ4n) is 2.16. The van der Waals surface area contributed by atoms with Gasteiger partial charge >= 0.3 is 11.9 Å². The zero-order valence-electron chi connectivity index (χ0n) is 12.1. The third-order valence-corrected chi connectivity index (χ3v) is 2.87. The lowest BCUT2D eigenvalue weighted by Crippen LogP contribution is -2.66. The first-order valence-corrected chi connectivity index (χ1v) is 6.41. The van der Waals surface area contributed by atoms with Crippen LogP contribution in [-0.2, 0) is 28.6 Å². The van der Waals surface area contributed by atoms with Crippen molar-refractivity contribution < 1.29 is 33.7 Å². The number of rotatable bonds is 4. The number of carbonyl (C=O) groups excluding carboxylic acids is 3. The average molecular weight is 304 g/mol. The molecule has 4 N–H and O–H groups in total. The van der Waals surface area contributed by atoms with Gasteiger partial charge in [-0.2, -0.15) is 0 Å². The van der Waals surface area contributed by atoms with Crippen molar-refractivity contribution in [2.24, 2.45) is 5.73 Å². The molecule has 0 saturated carbocycles. The first kappa shape index (κ1) is 17.3. The predicted molar refractivity (Wildman–Crippen MR) is 68.6 cm³/mol. The van der Waals surface area contributed by atoms with Gasteiger partial charge in [-0.15, -0.1) is 0 Å². The van der Waals surface area contributed by atoms with Gasteiger partial charge in [0.15, 0.2) is 18.5 Å². The van der Waals surface area contributed by atoms with E-state index in [-0.39, 0.29) is 6.54 Å². The summed E-state index contributed by atoms with van der Waals surface area (Å²) in [6.07, 6.45) is -4.44. The Morgan fingerprint density at radius 3 is 2.10 bits per heavy atom. The maximum atomic E-state index is 11.2. The molecule has 1 aliphatic heterocycles. The Kier molecular flexibility index (Phi) is 6.06. The first-order valence-electron chi connectivity index (χ1n) is 6.41. The molecule has 5 atom stereocenters. The maximum absolute atomic E-state index is 11.2. The lowest BCUT2D eigenvalue weighted by atomic mass is 9.96. The van der Waals surface area contributed by atoms with Crippen molar-refractivity contribution in [1.82, 2.24) is 5.32 Å². The highest BCUT2D eigenvalue weighted by atomic mass is 16.7. The van der Waals surface area contributed by atoms with Crippen LogP contribution in [0.1, 0.15) is 20.8 Å². The van der Waals surface area contributed by atoms with Crippen molar-refractivity contribution in [2.45, 2.75) is 51.4 Å². The number of hydrogen-bond acceptors (Lipinski definition) is 8. The van der Waals surface area contributed by atoms with E-state index < -0.39 is 48.5 Å². The Morgan fingerprint density at radius 2 is 1.67 bits per heavy atom. The smallest absolute Gasteiger partial charge is 0.303 e. The predicted octanol–water partition coefficient (Wildman–Crippen LogP) is -1.97. The molecule has 1 aliphatic rings. The highest BCUT2D eigenvalue weighted by Crippen LogP contribution is 2.25. The van der Waals surface area contributed by atoms with Gasteiger partial charge in [0.05, 0.1) is 0 Å². The molecule has 120 valence electrons. The summed E-state index contributed by atoms with van der Waals surface area (Å²) < 4.78 is 15.4. The molecule has 1 amide bonds. The molecule has 1 rings (SSSR count). The lowest BCUT2D eigenvalue weighted by molar-refractivity contribution is -0.255. The van der Waals surface area contributed by atoms with E-state index in [1.54, 1.807) is 0 Å². The van der Waals surface area contributed by atoms with E-state index in [1.807, 2.05) is 0 Å². The summed E-state index contributed by atoms with van der Waals surface area (Å²) in [6, 6.07) is -1.07. The minimum absolute atomic E-state index is 0.0699. The number of nitrogens with one attached hydrogen (secondary N) is 1. The van der Waals surface area contributed by atoms with Gasteiger partial charge in [0.1, 0.15) is 12.1 Å². The molecule has 1 saturated heterocycles. The van der Waals surface area contributed by atoms with Crippen LogP contribution in [0.3, 0.4) is 0 Å². The number of esters is 2. The Bertz CT molecular complexity index is 414. The van der Waals surface area contributed by atoms with E-state index in [0.717, 1.165) is 6.92 Å². The van der Waals surface area contributed by atoms with Gasteiger partial charge in [0.25, 0.3) is 0 Å². The highest BCUT2D eigenvalue weighted by molar-refractivity contribution is 5.73. The number of nitrogens with two attached hydrogens (primary N) is 1. The number of carbonyl (C=O) groups is 3. The zero-order valence-corrected chi connectivity index (χ0v) is 12.1. The second-order valence-electron chi connectivity index (χ2n) is 4.68. The van der Waals surface area contributed by atoms with E-state index >= 15 is 0 Å². The first-order chi connectivity index (χ1) is 9.76. The van der Waals surface area contributed by atoms with Crippen molar-refractivity contribution in [3.8, 4) is 0 Å². The molecule has 1 fully saturated rings.